The van der Waals surface area contributed by atoms with Crippen LogP contribution in [0, 0.1) is 21.7 Å². The number of hydrogen-bond acceptors (Lipinski definition) is 42. The molecule has 1 saturated carbocycles. The molecular formula is C62H88N14O34P6-8. The molecule has 0 radical (unpaired) electrons. The number of phosphoric ester groups is 6. The number of benzene rings is 1. The number of ether oxygens (including phenoxy) is 2. The fraction of sp³-hybridized carbons (Fsp3) is 0.645. The second-order valence-corrected chi connectivity index (χ2v) is 37.6. The summed E-state index contributed by atoms with van der Waals surface area (Å²) in [6, 6.07) is 7.95. The molecule has 1 aromatic carbocycles. The summed E-state index contributed by atoms with van der Waals surface area (Å²) in [6.45, 7) is 2.84. The summed E-state index contributed by atoms with van der Waals surface area (Å²) < 4.78 is 123. The number of anilines is 2. The first-order chi connectivity index (χ1) is 53.8. The number of nitrogens with one attached hydrogen (secondary N) is 4. The number of Topliss-reactive ketones (excluding diaryl/α,β-unsaturated/α-hetero) is 2. The molecule has 3 aliphatic rings. The van der Waals surface area contributed by atoms with E-state index in [0.29, 0.717) is 51.4 Å². The molecule has 6 heterocycles. The molecule has 2 aliphatic heterocycles. The minimum atomic E-state index is -6.00. The topological polar surface area (TPSA) is 750 Å². The van der Waals surface area contributed by atoms with Crippen molar-refractivity contribution in [2.24, 2.45) is 21.7 Å². The number of ketones is 2. The number of fused-ring (bicyclic) bond motifs is 2. The molecule has 48 nitrogen and oxygen atoms in total. The van der Waals surface area contributed by atoms with Gasteiger partial charge in [0.25, 0.3) is 31.3 Å². The molecule has 3 fully saturated rings. The zero-order valence-electron chi connectivity index (χ0n) is 63.0. The van der Waals surface area contributed by atoms with Crippen molar-refractivity contribution in [3.8, 4) is 0 Å². The van der Waals surface area contributed by atoms with Crippen LogP contribution < -0.4 is 71.9 Å². The van der Waals surface area contributed by atoms with E-state index in [2.05, 4.69) is 93.0 Å². The first-order valence-electron chi connectivity index (χ1n) is 35.6. The van der Waals surface area contributed by atoms with Crippen molar-refractivity contribution in [1.82, 2.24) is 60.3 Å². The van der Waals surface area contributed by atoms with Crippen LogP contribution in [0.3, 0.4) is 0 Å². The summed E-state index contributed by atoms with van der Waals surface area (Å²) in [5.74, 6) is -3.62. The van der Waals surface area contributed by atoms with Crippen LogP contribution in [-0.4, -0.2) is 196 Å². The zero-order valence-corrected chi connectivity index (χ0v) is 68.4. The Labute approximate surface area is 661 Å². The normalized spacial score (nSPS) is 22.5. The van der Waals surface area contributed by atoms with Crippen molar-refractivity contribution >= 4 is 116 Å². The molecule has 14 unspecified atom stereocenters. The summed E-state index contributed by atoms with van der Waals surface area (Å²) >= 11 is 0. The third-order valence-corrected chi connectivity index (χ3v) is 25.1. The van der Waals surface area contributed by atoms with Gasteiger partial charge in [-0.25, -0.2) is 38.5 Å². The molecule has 2 saturated heterocycles. The van der Waals surface area contributed by atoms with Crippen LogP contribution in [-0.2, 0) is 114 Å². The monoisotopic (exact) mass is 1760 g/mol. The smallest absolute Gasteiger partial charge is 0.274 e. The Morgan fingerprint density at radius 2 is 0.966 bits per heavy atom. The van der Waals surface area contributed by atoms with Crippen molar-refractivity contribution in [2.75, 3.05) is 64.1 Å². The lowest BCUT2D eigenvalue weighted by Gasteiger charge is -2.36. The minimum Gasteiger partial charge on any atom is -0.790 e. The van der Waals surface area contributed by atoms with Gasteiger partial charge in [-0.15, -0.1) is 0 Å². The average Bonchev–Trinajstić information content (AvgIpc) is 1.63. The van der Waals surface area contributed by atoms with E-state index in [1.165, 1.54) is 13.8 Å². The minimum absolute atomic E-state index is 0.00489. The Kier molecular flexibility index (Phi) is 32.0. The number of aliphatic hydroxyl groups is 4. The van der Waals surface area contributed by atoms with E-state index in [1.807, 2.05) is 18.2 Å². The van der Waals surface area contributed by atoms with Gasteiger partial charge in [0.2, 0.25) is 23.6 Å². The number of carbonyl (C=O) groups excluding carboxylic acids is 6. The number of phosphoric acid groups is 6. The van der Waals surface area contributed by atoms with Crippen LogP contribution in [0.15, 0.2) is 49.6 Å². The Bertz CT molecular complexity index is 4370. The van der Waals surface area contributed by atoms with Gasteiger partial charge < -0.3 is 138 Å². The van der Waals surface area contributed by atoms with E-state index in [4.69, 9.17) is 20.9 Å². The van der Waals surface area contributed by atoms with E-state index in [-0.39, 0.29) is 97.4 Å². The number of nitrogens with two attached hydrogens (primary N) is 2. The largest absolute Gasteiger partial charge is 0.790 e. The second-order valence-electron chi connectivity index (χ2n) is 29.5. The van der Waals surface area contributed by atoms with Crippen LogP contribution >= 0.6 is 46.9 Å². The molecule has 8 rings (SSSR count). The van der Waals surface area contributed by atoms with E-state index in [1.54, 1.807) is 13.8 Å². The summed E-state index contributed by atoms with van der Waals surface area (Å²) in [7, 11) is -35.7. The molecule has 116 heavy (non-hydrogen) atoms. The van der Waals surface area contributed by atoms with E-state index in [0.717, 1.165) is 59.4 Å². The first kappa shape index (κ1) is 95.1. The molecule has 5 aromatic rings. The van der Waals surface area contributed by atoms with E-state index in [9.17, 15) is 116 Å². The number of hydrogen-bond donors (Lipinski definition) is 10. The van der Waals surface area contributed by atoms with Gasteiger partial charge in [0, 0.05) is 73.5 Å². The first-order valence-corrected chi connectivity index (χ1v) is 44.4. The number of nitrogens with zero attached hydrogens (tertiary/aromatic N) is 8. The molecule has 0 bridgehead atoms. The summed E-state index contributed by atoms with van der Waals surface area (Å²) in [5, 5.41) is 53.2. The number of aliphatic hydroxyl groups excluding tert-OH is 4. The molecule has 12 N–H and O–H groups in total. The number of aryl methyl sites for hydroxylation is 2. The second kappa shape index (κ2) is 39.0. The summed E-state index contributed by atoms with van der Waals surface area (Å²) in [6.07, 6.45) is -10.8. The number of aromatic nitrogens is 8. The standard InChI is InChI=1S/C62H96N14O34P6/c1-59(2,39(77)14-22-65-41(79)16-24-67-55(85)49(83)60(3,4)29-103-115(97,98)109-113(93,94)101-27-37-47(107-111(87,88)89)45(81)57(105-37)75-33-73-43-51(63)69-31-71-53(43)75)18-8-12-35-10-7-11-36(26-35)13-9-19-62(20-21-62)40(78)15-23-66-42(80)17-25-68-56(86)50(84)61(5,6)30-104-116(99,100)110-114(95,96)102-28-38-48(108-112(90,91)92)46(82)58(106-38)76-34-74-44-52(64)70-32-72-54(44)76/h7,10-11,26,31-34,37-38,45-50,57-58,81-84H,8-9,12-25,27-30H2,1-6H3,(H,65,79)(H,66,80)(H,67,85)(H,68,86)(H,93,94)(H,95,96)(H,97,98)(H,99,100)(H2,63,69,71)(H2,64,70,72)(H2,87,88,89)(H2,90,91,92)/p-8. The third-order valence-electron chi connectivity index (χ3n) is 19.0. The van der Waals surface area contributed by atoms with Crippen LogP contribution in [0.4, 0.5) is 11.6 Å². The number of rotatable bonds is 48. The zero-order chi connectivity index (χ0) is 86.0. The van der Waals surface area contributed by atoms with Crippen LogP contribution in [0.2, 0.25) is 0 Å². The van der Waals surface area contributed by atoms with Crippen LogP contribution in [0.5, 0.6) is 0 Å². The number of amides is 4. The average molecular weight is 1760 g/mol. The lowest BCUT2D eigenvalue weighted by atomic mass is 9.81. The summed E-state index contributed by atoms with van der Waals surface area (Å²) in [5.41, 5.74) is 8.72. The molecule has 0 spiro atoms. The van der Waals surface area contributed by atoms with Gasteiger partial charge in [0.05, 0.1) is 54.7 Å². The maximum absolute atomic E-state index is 13.4. The van der Waals surface area contributed by atoms with Crippen molar-refractivity contribution in [1.29, 1.82) is 0 Å². The molecule has 14 atom stereocenters. The lowest BCUT2D eigenvalue weighted by molar-refractivity contribution is -0.348. The fourth-order valence-corrected chi connectivity index (χ4v) is 17.8. The van der Waals surface area contributed by atoms with Gasteiger partial charge in [0.15, 0.2) is 35.4 Å². The highest BCUT2D eigenvalue weighted by Gasteiger charge is 2.51. The highest BCUT2D eigenvalue weighted by atomic mass is 31.3. The van der Waals surface area contributed by atoms with Gasteiger partial charge in [0.1, 0.15) is 84.1 Å². The highest BCUT2D eigenvalue weighted by molar-refractivity contribution is 7.60. The molecular weight excluding hydrogens is 1670 g/mol. The Balaban J connectivity index is 0.653. The van der Waals surface area contributed by atoms with Gasteiger partial charge >= 0.3 is 0 Å². The van der Waals surface area contributed by atoms with Crippen molar-refractivity contribution in [3.63, 3.8) is 0 Å². The van der Waals surface area contributed by atoms with Gasteiger partial charge in [-0.3, -0.25) is 56.2 Å². The maximum atomic E-state index is 13.4. The number of imidazole rings is 2. The molecule has 4 aromatic heterocycles. The Morgan fingerprint density at radius 3 is 1.38 bits per heavy atom. The van der Waals surface area contributed by atoms with Crippen molar-refractivity contribution in [3.05, 3.63) is 60.7 Å². The number of nitrogen functional groups attached to an aromatic ring is 2. The van der Waals surface area contributed by atoms with Crippen molar-refractivity contribution in [2.45, 2.75) is 180 Å². The Hall–Kier alpha value is -6.36. The van der Waals surface area contributed by atoms with Crippen LogP contribution in [0.25, 0.3) is 22.3 Å². The molecule has 4 amide bonds. The summed E-state index contributed by atoms with van der Waals surface area (Å²) in [4.78, 5) is 198. The van der Waals surface area contributed by atoms with Gasteiger partial charge in [-0.1, -0.05) is 65.8 Å². The van der Waals surface area contributed by atoms with Crippen LogP contribution in [0.1, 0.15) is 129 Å². The number of carbonyl (C=O) groups is 6. The third kappa shape index (κ3) is 27.1. The van der Waals surface area contributed by atoms with Crippen molar-refractivity contribution < 1.29 is 161 Å². The molecule has 648 valence electrons. The predicted octanol–water partition coefficient (Wildman–Crippen LogP) is -4.16. The fourth-order valence-electron chi connectivity index (χ4n) is 12.3. The quantitative estimate of drug-likeness (QED) is 0.0165. The van der Waals surface area contributed by atoms with Gasteiger partial charge in [-0.05, 0) is 62.5 Å². The predicted molar refractivity (Wildman–Crippen MR) is 379 cm³/mol. The molecule has 1 aliphatic carbocycles. The van der Waals surface area contributed by atoms with E-state index >= 15 is 0 Å². The van der Waals surface area contributed by atoms with Gasteiger partial charge in [-0.2, -0.15) is 0 Å². The highest BCUT2D eigenvalue weighted by Crippen LogP contribution is 2.58. The maximum Gasteiger partial charge on any atom is 0.274 e. The Morgan fingerprint density at radius 1 is 0.569 bits per heavy atom. The molecule has 54 heteroatoms. The SMILES string of the molecule is CC(C)(CCCc1cccc(CCCC2(C(=O)CCNC(=O)CCNC(=O)C(O)C(C)(C)COP(=O)([O-])OP(=O)([O-])OCC3OC(n4cnc5c(N)ncnc54)C(O)C3OP(=O)([O-])[O-])CC2)c1)C(=O)CCNC(=O)CCNC(=O)C(O)C(C)(C)COP(=O)([O-])OP(=O)([O-])OCC1OC(n2cnc3c(N)ncnc32)C(O)C1OP(=O)([O-])[O-]. The lowest BCUT2D eigenvalue weighted by Crippen LogP contribution is -2.46. The van der Waals surface area contributed by atoms with E-state index < -0.39 is 180 Å².